The van der Waals surface area contributed by atoms with Crippen LogP contribution in [0.4, 0.5) is 0 Å². The van der Waals surface area contributed by atoms with Crippen LogP contribution < -0.4 is 15.5 Å². The van der Waals surface area contributed by atoms with Crippen LogP contribution in [0, 0.1) is 5.92 Å². The number of rotatable bonds is 16. The van der Waals surface area contributed by atoms with Crippen molar-refractivity contribution >= 4 is 27.8 Å². The summed E-state index contributed by atoms with van der Waals surface area (Å²) in [6.45, 7) is 3.80. The quantitative estimate of drug-likeness (QED) is 0.158. The van der Waals surface area contributed by atoms with Gasteiger partial charge >= 0.3 is 0 Å². The highest BCUT2D eigenvalue weighted by atomic mass is 16.7. The van der Waals surface area contributed by atoms with Gasteiger partial charge in [0.2, 0.25) is 6.29 Å². The summed E-state index contributed by atoms with van der Waals surface area (Å²) >= 11 is 0. The van der Waals surface area contributed by atoms with E-state index in [1.807, 2.05) is 37.4 Å². The van der Waals surface area contributed by atoms with E-state index in [4.69, 9.17) is 33.2 Å². The maximum atomic E-state index is 13.7. The molecule has 2 aromatic carbocycles. The first-order valence-corrected chi connectivity index (χ1v) is 15.2. The number of allylic oxidation sites excluding steroid dienone is 1. The molecule has 4 aromatic rings. The van der Waals surface area contributed by atoms with Crippen LogP contribution in [0.3, 0.4) is 0 Å². The second-order valence-electron chi connectivity index (χ2n) is 10.6. The number of hydrogen-bond acceptors (Lipinski definition) is 9. The number of aromatic nitrogens is 1. The van der Waals surface area contributed by atoms with Crippen molar-refractivity contribution in [2.45, 2.75) is 32.0 Å². The van der Waals surface area contributed by atoms with E-state index in [1.165, 1.54) is 6.26 Å². The van der Waals surface area contributed by atoms with E-state index in [2.05, 4.69) is 10.3 Å². The number of aromatic amines is 1. The Labute approximate surface area is 261 Å². The molecule has 0 bridgehead atoms. The van der Waals surface area contributed by atoms with Crippen LogP contribution in [0.25, 0.3) is 21.9 Å². The average molecular weight is 621 g/mol. The number of fused-ring (bicyclic) bond motifs is 2. The number of aliphatic hydroxyl groups excluding tert-OH is 1. The Morgan fingerprint density at radius 2 is 1.89 bits per heavy atom. The van der Waals surface area contributed by atoms with E-state index < -0.39 is 18.1 Å². The largest absolute Gasteiger partial charge is 0.497 e. The fraction of sp³-hybridized carbons (Fsp3) is 0.412. The molecule has 5 rings (SSSR count). The molecule has 0 unspecified atom stereocenters. The number of H-pyrrole nitrogens is 1. The van der Waals surface area contributed by atoms with E-state index >= 15 is 0 Å². The summed E-state index contributed by atoms with van der Waals surface area (Å²) < 4.78 is 34.4. The fourth-order valence-corrected chi connectivity index (χ4v) is 5.61. The molecule has 1 amide bonds. The van der Waals surface area contributed by atoms with E-state index in [0.29, 0.717) is 62.3 Å². The average Bonchev–Trinajstić information content (AvgIpc) is 3.47. The molecule has 45 heavy (non-hydrogen) atoms. The van der Waals surface area contributed by atoms with Gasteiger partial charge in [0.15, 0.2) is 11.2 Å². The second kappa shape index (κ2) is 15.7. The van der Waals surface area contributed by atoms with E-state index in [0.717, 1.165) is 22.2 Å². The molecule has 1 aliphatic heterocycles. The maximum Gasteiger partial charge on any atom is 0.286 e. The number of ether oxygens (including phenoxy) is 5. The summed E-state index contributed by atoms with van der Waals surface area (Å²) in [6, 6.07) is 12.9. The number of amides is 1. The Hall–Kier alpha value is -4.16. The van der Waals surface area contributed by atoms with Gasteiger partial charge in [0.05, 0.1) is 45.2 Å². The third kappa shape index (κ3) is 7.74. The highest BCUT2D eigenvalue weighted by molar-refractivity contribution is 5.92. The lowest BCUT2D eigenvalue weighted by Gasteiger charge is -2.36. The Morgan fingerprint density at radius 3 is 2.69 bits per heavy atom. The summed E-state index contributed by atoms with van der Waals surface area (Å²) in [5.41, 5.74) is 2.76. The Kier molecular flexibility index (Phi) is 11.3. The van der Waals surface area contributed by atoms with Crippen molar-refractivity contribution in [3.63, 3.8) is 0 Å². The van der Waals surface area contributed by atoms with Crippen molar-refractivity contribution in [1.82, 2.24) is 10.3 Å². The lowest BCUT2D eigenvalue weighted by atomic mass is 9.81. The van der Waals surface area contributed by atoms with E-state index in [-0.39, 0.29) is 30.3 Å². The monoisotopic (exact) mass is 620 g/mol. The van der Waals surface area contributed by atoms with E-state index in [1.54, 1.807) is 31.4 Å². The molecule has 0 saturated carbocycles. The molecule has 0 aliphatic carbocycles. The number of methoxy groups -OCH3 is 1. The van der Waals surface area contributed by atoms with Gasteiger partial charge in [-0.1, -0.05) is 12.1 Å². The highest BCUT2D eigenvalue weighted by Gasteiger charge is 2.39. The number of carbonyl (C=O) groups excluding carboxylic acids is 1. The normalized spacial score (nSPS) is 18.1. The predicted octanol–water partition coefficient (Wildman–Crippen LogP) is 4.03. The van der Waals surface area contributed by atoms with Gasteiger partial charge in [-0.15, -0.1) is 0 Å². The van der Waals surface area contributed by atoms with Crippen LogP contribution >= 0.6 is 0 Å². The first-order chi connectivity index (χ1) is 22.0. The van der Waals surface area contributed by atoms with Crippen molar-refractivity contribution in [3.8, 4) is 5.75 Å². The molecule has 3 atom stereocenters. The minimum absolute atomic E-state index is 0.0496. The molecule has 11 nitrogen and oxygen atoms in total. The lowest BCUT2D eigenvalue weighted by Crippen LogP contribution is -2.40. The van der Waals surface area contributed by atoms with Crippen molar-refractivity contribution in [1.29, 1.82) is 0 Å². The molecule has 3 heterocycles. The molecule has 0 spiro atoms. The summed E-state index contributed by atoms with van der Waals surface area (Å²) in [5, 5.41) is 13.3. The molecular formula is C34H40N2O9. The summed E-state index contributed by atoms with van der Waals surface area (Å²) in [4.78, 5) is 30.4. The first kappa shape index (κ1) is 32.2. The zero-order chi connectivity index (χ0) is 31.6. The van der Waals surface area contributed by atoms with Crippen LogP contribution in [0.1, 0.15) is 30.4 Å². The summed E-state index contributed by atoms with van der Waals surface area (Å²) in [6.07, 6.45) is 5.36. The highest BCUT2D eigenvalue weighted by Crippen LogP contribution is 2.38. The molecule has 11 heteroatoms. The Morgan fingerprint density at radius 1 is 1.07 bits per heavy atom. The van der Waals surface area contributed by atoms with Crippen LogP contribution in [0.5, 0.6) is 5.75 Å². The molecule has 1 aliphatic rings. The number of benzene rings is 2. The van der Waals surface area contributed by atoms with Gasteiger partial charge in [-0.05, 0) is 61.7 Å². The van der Waals surface area contributed by atoms with Crippen LogP contribution in [-0.4, -0.2) is 75.6 Å². The minimum Gasteiger partial charge on any atom is -0.497 e. The lowest BCUT2D eigenvalue weighted by molar-refractivity contribution is -0.168. The SMILES string of the molecule is CCO[C@H]1OC(C(=O)NCCc2c[nH]c3ccc(OC)cc23)=C[C@@H](c2coc3ccccc3c2=O)[C@@H]1CCOCCOCCO. The standard InChI is InChI=1S/C34H40N2O9/c1-3-43-34-24(11-14-41-16-17-42-15-13-37)27(28-21-44-30-7-5-4-6-25(30)32(28)38)19-31(45-34)33(39)35-12-10-22-20-36-29-9-8-23(40-2)18-26(22)29/h4-9,18-21,24,27,34,36-37H,3,10-17H2,1-2H3,(H,35,39)/t24-,27+,34-/m0/s1. The molecule has 240 valence electrons. The Balaban J connectivity index is 1.36. The third-order valence-corrected chi connectivity index (χ3v) is 7.86. The second-order valence-corrected chi connectivity index (χ2v) is 10.6. The molecule has 3 N–H and O–H groups in total. The zero-order valence-electron chi connectivity index (χ0n) is 25.6. The molecule has 2 aromatic heterocycles. The van der Waals surface area contributed by atoms with Crippen LogP contribution in [0.2, 0.25) is 0 Å². The molecular weight excluding hydrogens is 580 g/mol. The molecule has 0 fully saturated rings. The fourth-order valence-electron chi connectivity index (χ4n) is 5.61. The summed E-state index contributed by atoms with van der Waals surface area (Å²) in [5.74, 6) is -0.434. The van der Waals surface area contributed by atoms with Gasteiger partial charge in [0, 0.05) is 54.3 Å². The van der Waals surface area contributed by atoms with E-state index in [9.17, 15) is 9.59 Å². The van der Waals surface area contributed by atoms with Gasteiger partial charge in [-0.3, -0.25) is 9.59 Å². The maximum absolute atomic E-state index is 13.7. The number of aliphatic hydroxyl groups is 1. The number of para-hydroxylation sites is 1. The summed E-state index contributed by atoms with van der Waals surface area (Å²) in [7, 11) is 1.63. The van der Waals surface area contributed by atoms with Crippen LogP contribution in [0.15, 0.2) is 76.0 Å². The Bertz CT molecular complexity index is 1660. The van der Waals surface area contributed by atoms with Gasteiger partial charge in [0.1, 0.15) is 11.3 Å². The van der Waals surface area contributed by atoms with Crippen molar-refractivity contribution in [3.05, 3.63) is 88.1 Å². The number of nitrogens with one attached hydrogen (secondary N) is 2. The number of carbonyl (C=O) groups is 1. The van der Waals surface area contributed by atoms with Crippen molar-refractivity contribution in [2.24, 2.45) is 5.92 Å². The third-order valence-electron chi connectivity index (χ3n) is 7.86. The predicted molar refractivity (Wildman–Crippen MR) is 168 cm³/mol. The van der Waals surface area contributed by atoms with Crippen LogP contribution in [-0.2, 0) is 30.2 Å². The van der Waals surface area contributed by atoms with Gasteiger partial charge < -0.3 is 43.5 Å². The molecule has 0 saturated heterocycles. The van der Waals surface area contributed by atoms with Gasteiger partial charge in [0.25, 0.3) is 5.91 Å². The first-order valence-electron chi connectivity index (χ1n) is 15.2. The minimum atomic E-state index is -0.799. The smallest absolute Gasteiger partial charge is 0.286 e. The van der Waals surface area contributed by atoms with Crippen molar-refractivity contribution in [2.75, 3.05) is 53.3 Å². The van der Waals surface area contributed by atoms with Gasteiger partial charge in [-0.2, -0.15) is 0 Å². The van der Waals surface area contributed by atoms with Crippen molar-refractivity contribution < 1.29 is 38.0 Å². The van der Waals surface area contributed by atoms with Gasteiger partial charge in [-0.25, -0.2) is 0 Å². The molecule has 0 radical (unpaired) electrons. The number of hydrogen-bond donors (Lipinski definition) is 3. The topological polar surface area (TPSA) is 141 Å². The zero-order valence-corrected chi connectivity index (χ0v) is 25.6.